The van der Waals surface area contributed by atoms with Gasteiger partial charge in [0.25, 0.3) is 0 Å². The van der Waals surface area contributed by atoms with Gasteiger partial charge in [0.1, 0.15) is 11.9 Å². The van der Waals surface area contributed by atoms with Crippen molar-refractivity contribution in [2.75, 3.05) is 6.79 Å². The van der Waals surface area contributed by atoms with Gasteiger partial charge in [-0.2, -0.15) is 0 Å². The normalized spacial score (nSPS) is 18.1. The summed E-state index contributed by atoms with van der Waals surface area (Å²) in [7, 11) is 0. The maximum Gasteiger partial charge on any atom is 0.231 e. The third kappa shape index (κ3) is 2.56. The molecule has 1 N–H and O–H groups in total. The molecule has 0 aromatic heterocycles. The van der Waals surface area contributed by atoms with E-state index in [1.807, 2.05) is 18.2 Å². The fourth-order valence-electron chi connectivity index (χ4n) is 3.21. The van der Waals surface area contributed by atoms with Crippen molar-refractivity contribution in [3.05, 3.63) is 52.5 Å². The minimum absolute atomic E-state index is 0.0116. The van der Waals surface area contributed by atoms with E-state index in [0.29, 0.717) is 12.5 Å². The van der Waals surface area contributed by atoms with E-state index < -0.39 is 0 Å². The lowest BCUT2D eigenvalue weighted by Crippen LogP contribution is -2.43. The van der Waals surface area contributed by atoms with Crippen LogP contribution in [0.1, 0.15) is 19.4 Å². The van der Waals surface area contributed by atoms with Gasteiger partial charge in [-0.1, -0.05) is 26.0 Å². The van der Waals surface area contributed by atoms with E-state index in [0.717, 1.165) is 27.6 Å². The fraction of sp³-hybridized carbons (Fsp3) is 0.316. The number of hydrogen-bond acceptors (Lipinski definition) is 5. The van der Waals surface area contributed by atoms with Gasteiger partial charge in [-0.3, -0.25) is 4.99 Å². The van der Waals surface area contributed by atoms with Crippen molar-refractivity contribution in [2.24, 2.45) is 10.9 Å². The second-order valence-electron chi connectivity index (χ2n) is 6.48. The fourth-order valence-corrected chi connectivity index (χ4v) is 3.21. The average Bonchev–Trinajstić information content (AvgIpc) is 3.04. The van der Waals surface area contributed by atoms with Gasteiger partial charge in [-0.15, -0.1) is 0 Å². The zero-order valence-electron chi connectivity index (χ0n) is 13.8. The number of para-hydroxylation sites is 1. The first-order valence-electron chi connectivity index (χ1n) is 8.14. The van der Waals surface area contributed by atoms with Crippen LogP contribution in [-0.2, 0) is 6.54 Å². The predicted octanol–water partition coefficient (Wildman–Crippen LogP) is 1.98. The summed E-state index contributed by atoms with van der Waals surface area (Å²) in [4.78, 5) is 7.06. The number of fused-ring (bicyclic) bond motifs is 2. The van der Waals surface area contributed by atoms with E-state index in [-0.39, 0.29) is 18.7 Å². The lowest BCUT2D eigenvalue weighted by Gasteiger charge is -2.33. The molecule has 0 saturated carbocycles. The number of aromatic hydroxyl groups is 1. The summed E-state index contributed by atoms with van der Waals surface area (Å²) in [6.45, 7) is 5.27. The minimum Gasteiger partial charge on any atom is -0.508 e. The number of benzene rings is 2. The molecule has 24 heavy (non-hydrogen) atoms. The molecule has 0 fully saturated rings. The molecule has 1 atom stereocenters. The second kappa shape index (κ2) is 5.74. The summed E-state index contributed by atoms with van der Waals surface area (Å²) in [6.07, 6.45) is 2.12. The Morgan fingerprint density at radius 2 is 2.12 bits per heavy atom. The highest BCUT2D eigenvalue weighted by Gasteiger charge is 2.24. The highest BCUT2D eigenvalue weighted by Crippen LogP contribution is 2.36. The molecular formula is C19H20N2O3. The largest absolute Gasteiger partial charge is 0.508 e. The number of ether oxygens (including phenoxy) is 2. The molecule has 0 bridgehead atoms. The van der Waals surface area contributed by atoms with Gasteiger partial charge in [0.2, 0.25) is 6.79 Å². The van der Waals surface area contributed by atoms with Gasteiger partial charge in [-0.05, 0) is 24.1 Å². The lowest BCUT2D eigenvalue weighted by molar-refractivity contribution is 0.171. The molecule has 0 saturated heterocycles. The van der Waals surface area contributed by atoms with Crippen LogP contribution >= 0.6 is 0 Å². The smallest absolute Gasteiger partial charge is 0.231 e. The first kappa shape index (κ1) is 14.9. The topological polar surface area (TPSA) is 54.3 Å². The van der Waals surface area contributed by atoms with E-state index in [4.69, 9.17) is 14.5 Å². The Morgan fingerprint density at radius 3 is 2.96 bits per heavy atom. The number of nitrogens with zero attached hydrogens (tertiary/aromatic N) is 2. The molecule has 0 amide bonds. The average molecular weight is 324 g/mol. The van der Waals surface area contributed by atoms with E-state index in [1.165, 1.54) is 0 Å². The van der Waals surface area contributed by atoms with E-state index >= 15 is 0 Å². The summed E-state index contributed by atoms with van der Waals surface area (Å²) in [5.41, 5.74) is 1.09. The Kier molecular flexibility index (Phi) is 3.56. The molecule has 0 spiro atoms. The molecule has 0 aliphatic carbocycles. The van der Waals surface area contributed by atoms with Gasteiger partial charge in [-0.25, -0.2) is 0 Å². The monoisotopic (exact) mass is 324 g/mol. The molecule has 4 rings (SSSR count). The van der Waals surface area contributed by atoms with Crippen LogP contribution in [-0.4, -0.2) is 23.0 Å². The number of phenols is 1. The zero-order valence-corrected chi connectivity index (χ0v) is 13.8. The Balaban J connectivity index is 1.74. The number of hydrogen-bond donors (Lipinski definition) is 1. The first-order valence-corrected chi connectivity index (χ1v) is 8.14. The van der Waals surface area contributed by atoms with Gasteiger partial charge >= 0.3 is 0 Å². The molecule has 0 radical (unpaired) electrons. The van der Waals surface area contributed by atoms with E-state index in [1.54, 1.807) is 12.1 Å². The molecule has 2 aliphatic rings. The van der Waals surface area contributed by atoms with Crippen molar-refractivity contribution >= 4 is 6.20 Å². The highest BCUT2D eigenvalue weighted by atomic mass is 16.7. The Hall–Kier alpha value is -2.69. The number of phenolic OH excluding ortho intramolecular Hbond substituents is 1. The SMILES string of the molecule is CC(C)C1N=c2cc(O)ccc2=CN1Cc1cccc2c1OCO2. The van der Waals surface area contributed by atoms with Crippen LogP contribution in [0.2, 0.25) is 0 Å². The molecular weight excluding hydrogens is 304 g/mol. The quantitative estimate of drug-likeness (QED) is 0.938. The summed E-state index contributed by atoms with van der Waals surface area (Å²) in [5, 5.41) is 11.5. The second-order valence-corrected chi connectivity index (χ2v) is 6.48. The van der Waals surface area contributed by atoms with Crippen LogP contribution in [0.25, 0.3) is 6.20 Å². The van der Waals surface area contributed by atoms with Crippen molar-refractivity contribution in [1.29, 1.82) is 0 Å². The molecule has 2 heterocycles. The van der Waals surface area contributed by atoms with Gasteiger partial charge < -0.3 is 19.5 Å². The molecule has 2 aliphatic heterocycles. The van der Waals surface area contributed by atoms with E-state index in [2.05, 4.69) is 31.0 Å². The molecule has 2 aromatic carbocycles. The van der Waals surface area contributed by atoms with Crippen LogP contribution < -0.4 is 20.0 Å². The summed E-state index contributed by atoms with van der Waals surface area (Å²) in [6, 6.07) is 11.3. The van der Waals surface area contributed by atoms with Crippen LogP contribution in [0.5, 0.6) is 17.2 Å². The van der Waals surface area contributed by atoms with Crippen LogP contribution in [0, 0.1) is 5.92 Å². The van der Waals surface area contributed by atoms with Crippen molar-refractivity contribution in [1.82, 2.24) is 4.90 Å². The number of rotatable bonds is 3. The van der Waals surface area contributed by atoms with Crippen molar-refractivity contribution in [3.63, 3.8) is 0 Å². The maximum absolute atomic E-state index is 9.70. The molecule has 5 heteroatoms. The Bertz CT molecular complexity index is 892. The van der Waals surface area contributed by atoms with Gasteiger partial charge in [0.05, 0.1) is 5.36 Å². The van der Waals surface area contributed by atoms with Gasteiger partial charge in [0, 0.05) is 29.6 Å². The van der Waals surface area contributed by atoms with Crippen LogP contribution in [0.3, 0.4) is 0 Å². The highest BCUT2D eigenvalue weighted by molar-refractivity contribution is 5.48. The van der Waals surface area contributed by atoms with Gasteiger partial charge in [0.15, 0.2) is 11.5 Å². The minimum atomic E-state index is 0.0116. The molecule has 5 nitrogen and oxygen atoms in total. The van der Waals surface area contributed by atoms with Crippen molar-refractivity contribution in [2.45, 2.75) is 26.6 Å². The van der Waals surface area contributed by atoms with E-state index in [9.17, 15) is 5.11 Å². The summed E-state index contributed by atoms with van der Waals surface area (Å²) < 4.78 is 11.1. The molecule has 124 valence electrons. The molecule has 2 aromatic rings. The standard InChI is InChI=1S/C19H20N2O3/c1-12(2)19-20-16-8-15(22)7-6-13(16)9-21(19)10-14-4-3-5-17-18(14)24-11-23-17/h3-9,12,19,22H,10-11H2,1-2H3. The molecule has 1 unspecified atom stereocenters. The first-order chi connectivity index (χ1) is 11.6. The zero-order chi connectivity index (χ0) is 16.7. The third-order valence-corrected chi connectivity index (χ3v) is 4.36. The maximum atomic E-state index is 9.70. The summed E-state index contributed by atoms with van der Waals surface area (Å²) in [5.74, 6) is 2.21. The van der Waals surface area contributed by atoms with Crippen molar-refractivity contribution < 1.29 is 14.6 Å². The predicted molar refractivity (Wildman–Crippen MR) is 90.1 cm³/mol. The van der Waals surface area contributed by atoms with Crippen LogP contribution in [0.4, 0.5) is 0 Å². The van der Waals surface area contributed by atoms with Crippen LogP contribution in [0.15, 0.2) is 41.4 Å². The Morgan fingerprint density at radius 1 is 1.25 bits per heavy atom. The summed E-state index contributed by atoms with van der Waals surface area (Å²) >= 11 is 0. The third-order valence-electron chi connectivity index (χ3n) is 4.36. The van der Waals surface area contributed by atoms with Crippen molar-refractivity contribution in [3.8, 4) is 17.2 Å². The Labute approximate surface area is 140 Å². The lowest BCUT2D eigenvalue weighted by atomic mass is 10.1.